The van der Waals surface area contributed by atoms with Crippen molar-refractivity contribution in [3.05, 3.63) is 12.2 Å². The van der Waals surface area contributed by atoms with E-state index in [1.165, 1.54) is 0 Å². The van der Waals surface area contributed by atoms with Gasteiger partial charge in [0.15, 0.2) is 0 Å². The lowest BCUT2D eigenvalue weighted by Crippen LogP contribution is -2.35. The minimum atomic E-state index is -0.927. The molecule has 0 aliphatic heterocycles. The van der Waals surface area contributed by atoms with Gasteiger partial charge in [0.2, 0.25) is 0 Å². The average molecular weight is 324 g/mol. The van der Waals surface area contributed by atoms with Crippen molar-refractivity contribution in [3.8, 4) is 0 Å². The average Bonchev–Trinajstić information content (AvgIpc) is 2.85. The molecule has 4 nitrogen and oxygen atoms in total. The fourth-order valence-electron chi connectivity index (χ4n) is 3.79. The van der Waals surface area contributed by atoms with Crippen molar-refractivity contribution < 1.29 is 19.8 Å². The summed E-state index contributed by atoms with van der Waals surface area (Å²) in [7, 11) is 0. The molecule has 1 aliphatic carbocycles. The number of aliphatic carboxylic acids is 1. The normalized spacial score (nSPS) is 24.5. The molecular formula is C19H32O4. The highest BCUT2D eigenvalue weighted by atomic mass is 16.4. The third-order valence-corrected chi connectivity index (χ3v) is 5.23. The molecule has 0 aromatic rings. The smallest absolute Gasteiger partial charge is 0.304 e. The van der Waals surface area contributed by atoms with Crippen molar-refractivity contribution in [2.45, 2.75) is 77.7 Å². The molecule has 0 spiro atoms. The van der Waals surface area contributed by atoms with E-state index in [-0.39, 0.29) is 24.0 Å². The van der Waals surface area contributed by atoms with Crippen molar-refractivity contribution in [2.24, 2.45) is 17.8 Å². The van der Waals surface area contributed by atoms with Gasteiger partial charge in [-0.25, -0.2) is 0 Å². The van der Waals surface area contributed by atoms with Gasteiger partial charge in [-0.2, -0.15) is 0 Å². The minimum absolute atomic E-state index is 0.0424. The summed E-state index contributed by atoms with van der Waals surface area (Å²) in [6, 6.07) is 0. The van der Waals surface area contributed by atoms with Crippen LogP contribution in [0.15, 0.2) is 12.2 Å². The summed E-state index contributed by atoms with van der Waals surface area (Å²) in [5.74, 6) is -1.15. The SMILES string of the molecule is CCCC(CCC)C(O)(C=C[C@@H]1CCC(=O)[C@H]1CC(=O)O)CC. The lowest BCUT2D eigenvalue weighted by Gasteiger charge is -2.33. The molecule has 1 aliphatic rings. The van der Waals surface area contributed by atoms with Gasteiger partial charge < -0.3 is 10.2 Å². The van der Waals surface area contributed by atoms with Gasteiger partial charge in [0.1, 0.15) is 5.78 Å². The van der Waals surface area contributed by atoms with Crippen LogP contribution in [0.4, 0.5) is 0 Å². The van der Waals surface area contributed by atoms with Crippen LogP contribution < -0.4 is 0 Å². The molecule has 1 fully saturated rings. The molecule has 0 radical (unpaired) electrons. The molecule has 2 N–H and O–H groups in total. The summed E-state index contributed by atoms with van der Waals surface area (Å²) in [6.45, 7) is 6.24. The lowest BCUT2D eigenvalue weighted by molar-refractivity contribution is -0.140. The Morgan fingerprint density at radius 3 is 2.39 bits per heavy atom. The van der Waals surface area contributed by atoms with Gasteiger partial charge in [0.25, 0.3) is 0 Å². The van der Waals surface area contributed by atoms with Gasteiger partial charge >= 0.3 is 5.97 Å². The number of carboxylic acid groups (broad SMARTS) is 1. The molecule has 1 saturated carbocycles. The maximum absolute atomic E-state index is 11.9. The molecular weight excluding hydrogens is 292 g/mol. The molecule has 23 heavy (non-hydrogen) atoms. The Bertz CT molecular complexity index is 423. The van der Waals surface area contributed by atoms with Crippen LogP contribution in [0, 0.1) is 17.8 Å². The van der Waals surface area contributed by atoms with Crippen molar-refractivity contribution >= 4 is 11.8 Å². The third-order valence-electron chi connectivity index (χ3n) is 5.23. The molecule has 3 atom stereocenters. The van der Waals surface area contributed by atoms with E-state index in [1.54, 1.807) is 0 Å². The monoisotopic (exact) mass is 324 g/mol. The summed E-state index contributed by atoms with van der Waals surface area (Å²) in [5, 5.41) is 20.0. The van der Waals surface area contributed by atoms with Crippen molar-refractivity contribution in [3.63, 3.8) is 0 Å². The number of carboxylic acids is 1. The van der Waals surface area contributed by atoms with E-state index in [1.807, 2.05) is 19.1 Å². The highest BCUT2D eigenvalue weighted by Crippen LogP contribution is 2.36. The largest absolute Gasteiger partial charge is 0.481 e. The second-order valence-corrected chi connectivity index (χ2v) is 6.85. The molecule has 1 rings (SSSR count). The van der Waals surface area contributed by atoms with Crippen molar-refractivity contribution in [1.82, 2.24) is 0 Å². The highest BCUT2D eigenvalue weighted by molar-refractivity contribution is 5.87. The summed E-state index contributed by atoms with van der Waals surface area (Å²) in [6.07, 6.45) is 9.47. The first-order valence-electron chi connectivity index (χ1n) is 9.04. The number of ketones is 1. The van der Waals surface area contributed by atoms with E-state index in [2.05, 4.69) is 13.8 Å². The fraction of sp³-hybridized carbons (Fsp3) is 0.789. The van der Waals surface area contributed by atoms with Crippen LogP contribution >= 0.6 is 0 Å². The van der Waals surface area contributed by atoms with Gasteiger partial charge in [0, 0.05) is 12.3 Å². The minimum Gasteiger partial charge on any atom is -0.481 e. The first-order valence-corrected chi connectivity index (χ1v) is 9.04. The van der Waals surface area contributed by atoms with Crippen LogP contribution in [0.1, 0.15) is 72.1 Å². The van der Waals surface area contributed by atoms with Crippen LogP contribution in [0.3, 0.4) is 0 Å². The predicted octanol–water partition coefficient (Wildman–Crippen LogP) is 3.97. The molecule has 132 valence electrons. The second kappa shape index (κ2) is 9.21. The zero-order valence-corrected chi connectivity index (χ0v) is 14.8. The molecule has 1 unspecified atom stereocenters. The Hall–Kier alpha value is -1.16. The number of carbonyl (C=O) groups excluding carboxylic acids is 1. The van der Waals surface area contributed by atoms with Crippen molar-refractivity contribution in [2.75, 3.05) is 0 Å². The third kappa shape index (κ3) is 5.45. The summed E-state index contributed by atoms with van der Waals surface area (Å²) >= 11 is 0. The van der Waals surface area contributed by atoms with E-state index in [9.17, 15) is 14.7 Å². The van der Waals surface area contributed by atoms with E-state index in [4.69, 9.17) is 5.11 Å². The van der Waals surface area contributed by atoms with Crippen LogP contribution in [0.25, 0.3) is 0 Å². The number of hydrogen-bond acceptors (Lipinski definition) is 3. The van der Waals surface area contributed by atoms with Crippen LogP contribution in [-0.2, 0) is 9.59 Å². The molecule has 0 aromatic heterocycles. The highest BCUT2D eigenvalue weighted by Gasteiger charge is 2.36. The fourth-order valence-corrected chi connectivity index (χ4v) is 3.79. The van der Waals surface area contributed by atoms with Crippen LogP contribution in [-0.4, -0.2) is 27.6 Å². The number of allylic oxidation sites excluding steroid dienone is 1. The first-order chi connectivity index (χ1) is 10.9. The second-order valence-electron chi connectivity index (χ2n) is 6.85. The van der Waals surface area contributed by atoms with Gasteiger partial charge in [-0.15, -0.1) is 0 Å². The number of aliphatic hydroxyl groups is 1. The van der Waals surface area contributed by atoms with Gasteiger partial charge in [-0.3, -0.25) is 9.59 Å². The zero-order valence-electron chi connectivity index (χ0n) is 14.8. The predicted molar refractivity (Wildman–Crippen MR) is 91.2 cm³/mol. The maximum Gasteiger partial charge on any atom is 0.304 e. The van der Waals surface area contributed by atoms with E-state index >= 15 is 0 Å². The Kier molecular flexibility index (Phi) is 7.97. The Morgan fingerprint density at radius 1 is 1.30 bits per heavy atom. The van der Waals surface area contributed by atoms with Gasteiger partial charge in [-0.05, 0) is 37.5 Å². The molecule has 0 saturated heterocycles. The summed E-state index contributed by atoms with van der Waals surface area (Å²) in [5.41, 5.74) is -0.856. The number of carbonyl (C=O) groups is 2. The number of Topliss-reactive ketones (excluding diaryl/α,β-unsaturated/α-hetero) is 1. The quantitative estimate of drug-likeness (QED) is 0.596. The number of hydrogen-bond donors (Lipinski definition) is 2. The summed E-state index contributed by atoms with van der Waals surface area (Å²) < 4.78 is 0. The van der Waals surface area contributed by atoms with E-state index in [0.29, 0.717) is 19.3 Å². The van der Waals surface area contributed by atoms with Gasteiger partial charge in [0.05, 0.1) is 12.0 Å². The van der Waals surface area contributed by atoms with Crippen LogP contribution in [0.2, 0.25) is 0 Å². The maximum atomic E-state index is 11.9. The van der Waals surface area contributed by atoms with Gasteiger partial charge in [-0.1, -0.05) is 45.8 Å². The topological polar surface area (TPSA) is 74.6 Å². The molecule has 0 amide bonds. The van der Waals surface area contributed by atoms with E-state index < -0.39 is 17.5 Å². The lowest BCUT2D eigenvalue weighted by atomic mass is 9.78. The van der Waals surface area contributed by atoms with E-state index in [0.717, 1.165) is 25.7 Å². The molecule has 0 bridgehead atoms. The zero-order chi connectivity index (χ0) is 17.5. The Morgan fingerprint density at radius 2 is 1.91 bits per heavy atom. The first kappa shape index (κ1) is 19.9. The standard InChI is InChI=1S/C19H32O4/c1-4-7-15(8-5-2)19(23,6-3)12-11-14-9-10-17(20)16(14)13-18(21)22/h11-12,14-16,23H,4-10,13H2,1-3H3,(H,21,22)/t14-,16-,19?/m0/s1. The van der Waals surface area contributed by atoms with Crippen LogP contribution in [0.5, 0.6) is 0 Å². The Balaban J connectivity index is 2.88. The summed E-state index contributed by atoms with van der Waals surface area (Å²) in [4.78, 5) is 22.8. The molecule has 0 aromatic carbocycles. The Labute approximate surface area is 140 Å². The van der Waals surface area contributed by atoms with Crippen molar-refractivity contribution in [1.29, 1.82) is 0 Å². The molecule has 4 heteroatoms. The molecule has 0 heterocycles. The number of rotatable bonds is 10.